The molecule has 0 bridgehead atoms. The average Bonchev–Trinajstić information content (AvgIpc) is 3.12. The summed E-state index contributed by atoms with van der Waals surface area (Å²) < 4.78 is 5.49. The third-order valence-corrected chi connectivity index (χ3v) is 4.26. The van der Waals surface area contributed by atoms with Crippen molar-refractivity contribution < 1.29 is 9.53 Å². The highest BCUT2D eigenvalue weighted by molar-refractivity contribution is 5.96. The maximum absolute atomic E-state index is 12.9. The van der Waals surface area contributed by atoms with E-state index in [1.165, 1.54) is 0 Å². The number of amides is 1. The summed E-state index contributed by atoms with van der Waals surface area (Å²) in [6.07, 6.45) is 3.43. The number of ether oxygens (including phenoxy) is 1. The first-order valence-electron chi connectivity index (χ1n) is 8.53. The number of hydrogen-bond donors (Lipinski definition) is 0. The molecule has 6 heteroatoms. The fourth-order valence-electron chi connectivity index (χ4n) is 3.00. The molecular formula is C20H18N4O2. The molecule has 2 aromatic heterocycles. The highest BCUT2D eigenvalue weighted by Gasteiger charge is 2.28. The summed E-state index contributed by atoms with van der Waals surface area (Å²) in [5.74, 6) is 0.933. The molecule has 1 aromatic carbocycles. The SMILES string of the molecule is CCOc1ncccc1C(=O)N1Cc2cnc(-c3ccccc3)nc2C1. The molecule has 0 saturated carbocycles. The van der Waals surface area contributed by atoms with Crippen molar-refractivity contribution in [3.63, 3.8) is 0 Å². The van der Waals surface area contributed by atoms with Crippen LogP contribution < -0.4 is 4.74 Å². The van der Waals surface area contributed by atoms with Crippen LogP contribution >= 0.6 is 0 Å². The van der Waals surface area contributed by atoms with Gasteiger partial charge in [0.2, 0.25) is 5.88 Å². The molecule has 0 radical (unpaired) electrons. The molecule has 6 nitrogen and oxygen atoms in total. The van der Waals surface area contributed by atoms with Crippen molar-refractivity contribution in [3.8, 4) is 17.3 Å². The smallest absolute Gasteiger partial charge is 0.260 e. The van der Waals surface area contributed by atoms with Gasteiger partial charge in [-0.05, 0) is 19.1 Å². The first-order chi connectivity index (χ1) is 12.8. The standard InChI is InChI=1S/C20H18N4O2/c1-2-26-19-16(9-6-10-21-19)20(25)24-12-15-11-22-18(23-17(15)13-24)14-7-4-3-5-8-14/h3-11H,2,12-13H2,1H3. The molecule has 0 N–H and O–H groups in total. The number of benzene rings is 1. The van der Waals surface area contributed by atoms with Crippen LogP contribution in [0.5, 0.6) is 5.88 Å². The van der Waals surface area contributed by atoms with Gasteiger partial charge in [-0.1, -0.05) is 30.3 Å². The molecule has 130 valence electrons. The fourth-order valence-corrected chi connectivity index (χ4v) is 3.00. The van der Waals surface area contributed by atoms with Gasteiger partial charge in [0.15, 0.2) is 5.82 Å². The van der Waals surface area contributed by atoms with Gasteiger partial charge in [0.1, 0.15) is 5.56 Å². The molecule has 0 fully saturated rings. The lowest BCUT2D eigenvalue weighted by molar-refractivity contribution is 0.0745. The first-order valence-corrected chi connectivity index (χ1v) is 8.53. The van der Waals surface area contributed by atoms with Crippen LogP contribution in [0.2, 0.25) is 0 Å². The number of aromatic nitrogens is 3. The molecule has 0 aliphatic carbocycles. The molecule has 3 aromatic rings. The van der Waals surface area contributed by atoms with Gasteiger partial charge in [-0.2, -0.15) is 0 Å². The highest BCUT2D eigenvalue weighted by atomic mass is 16.5. The maximum atomic E-state index is 12.9. The lowest BCUT2D eigenvalue weighted by Crippen LogP contribution is -2.26. The second-order valence-electron chi connectivity index (χ2n) is 5.98. The Labute approximate surface area is 151 Å². The monoisotopic (exact) mass is 346 g/mol. The summed E-state index contributed by atoms with van der Waals surface area (Å²) in [7, 11) is 0. The van der Waals surface area contributed by atoms with Crippen molar-refractivity contribution in [1.82, 2.24) is 19.9 Å². The Morgan fingerprint density at radius 2 is 1.96 bits per heavy atom. The lowest BCUT2D eigenvalue weighted by atomic mass is 10.2. The predicted molar refractivity (Wildman–Crippen MR) is 96.5 cm³/mol. The third-order valence-electron chi connectivity index (χ3n) is 4.26. The minimum absolute atomic E-state index is 0.110. The molecule has 0 spiro atoms. The summed E-state index contributed by atoms with van der Waals surface area (Å²) >= 11 is 0. The molecule has 26 heavy (non-hydrogen) atoms. The van der Waals surface area contributed by atoms with Crippen LogP contribution in [-0.4, -0.2) is 32.4 Å². The van der Waals surface area contributed by atoms with Gasteiger partial charge in [-0.25, -0.2) is 15.0 Å². The van der Waals surface area contributed by atoms with Crippen LogP contribution in [0.1, 0.15) is 28.5 Å². The molecule has 4 rings (SSSR count). The Kier molecular flexibility index (Phi) is 4.31. The van der Waals surface area contributed by atoms with E-state index in [1.807, 2.05) is 43.5 Å². The first kappa shape index (κ1) is 16.2. The van der Waals surface area contributed by atoms with Crippen LogP contribution in [0.25, 0.3) is 11.4 Å². The highest BCUT2D eigenvalue weighted by Crippen LogP contribution is 2.26. The predicted octanol–water partition coefficient (Wildman–Crippen LogP) is 3.09. The summed E-state index contributed by atoms with van der Waals surface area (Å²) in [6, 6.07) is 13.3. The normalized spacial score (nSPS) is 12.7. The van der Waals surface area contributed by atoms with E-state index in [4.69, 9.17) is 4.74 Å². The number of hydrogen-bond acceptors (Lipinski definition) is 5. The van der Waals surface area contributed by atoms with E-state index in [-0.39, 0.29) is 5.91 Å². The lowest BCUT2D eigenvalue weighted by Gasteiger charge is -2.16. The number of fused-ring (bicyclic) bond motifs is 1. The zero-order valence-electron chi connectivity index (χ0n) is 14.4. The minimum atomic E-state index is -0.110. The van der Waals surface area contributed by atoms with Crippen molar-refractivity contribution in [2.24, 2.45) is 0 Å². The van der Waals surface area contributed by atoms with E-state index >= 15 is 0 Å². The van der Waals surface area contributed by atoms with E-state index in [0.717, 1.165) is 16.8 Å². The van der Waals surface area contributed by atoms with Gasteiger partial charge >= 0.3 is 0 Å². The third kappa shape index (κ3) is 3.01. The van der Waals surface area contributed by atoms with Gasteiger partial charge in [0.05, 0.1) is 18.8 Å². The molecule has 1 amide bonds. The van der Waals surface area contributed by atoms with Gasteiger partial charge in [-0.3, -0.25) is 4.79 Å². The van der Waals surface area contributed by atoms with Crippen molar-refractivity contribution >= 4 is 5.91 Å². The Balaban J connectivity index is 1.58. The Morgan fingerprint density at radius 3 is 2.77 bits per heavy atom. The topological polar surface area (TPSA) is 68.2 Å². The zero-order valence-corrected chi connectivity index (χ0v) is 14.4. The van der Waals surface area contributed by atoms with Gasteiger partial charge in [-0.15, -0.1) is 0 Å². The van der Waals surface area contributed by atoms with E-state index in [0.29, 0.717) is 37.0 Å². The molecule has 0 unspecified atom stereocenters. The van der Waals surface area contributed by atoms with Gasteiger partial charge in [0, 0.05) is 30.1 Å². The van der Waals surface area contributed by atoms with Crippen LogP contribution in [0.4, 0.5) is 0 Å². The molecule has 3 heterocycles. The fraction of sp³-hybridized carbons (Fsp3) is 0.200. The van der Waals surface area contributed by atoms with E-state index in [1.54, 1.807) is 23.2 Å². The molecular weight excluding hydrogens is 328 g/mol. The van der Waals surface area contributed by atoms with Crippen LogP contribution in [-0.2, 0) is 13.1 Å². The number of carbonyl (C=O) groups excluding carboxylic acids is 1. The Morgan fingerprint density at radius 1 is 1.12 bits per heavy atom. The molecule has 0 saturated heterocycles. The van der Waals surface area contributed by atoms with Gasteiger partial charge < -0.3 is 9.64 Å². The summed E-state index contributed by atoms with van der Waals surface area (Å²) in [5.41, 5.74) is 3.29. The van der Waals surface area contributed by atoms with Crippen LogP contribution in [0.3, 0.4) is 0 Å². The van der Waals surface area contributed by atoms with Crippen molar-refractivity contribution in [2.45, 2.75) is 20.0 Å². The number of nitrogens with zero attached hydrogens (tertiary/aromatic N) is 4. The minimum Gasteiger partial charge on any atom is -0.477 e. The van der Waals surface area contributed by atoms with E-state index in [2.05, 4.69) is 15.0 Å². The molecule has 1 aliphatic heterocycles. The Hall–Kier alpha value is -3.28. The largest absolute Gasteiger partial charge is 0.477 e. The van der Waals surface area contributed by atoms with E-state index < -0.39 is 0 Å². The summed E-state index contributed by atoms with van der Waals surface area (Å²) in [4.78, 5) is 27.9. The number of carbonyl (C=O) groups is 1. The molecule has 1 aliphatic rings. The van der Waals surface area contributed by atoms with E-state index in [9.17, 15) is 4.79 Å². The second kappa shape index (κ2) is 6.92. The van der Waals surface area contributed by atoms with Crippen LogP contribution in [0.15, 0.2) is 54.9 Å². The number of pyridine rings is 1. The van der Waals surface area contributed by atoms with Crippen molar-refractivity contribution in [3.05, 3.63) is 71.7 Å². The maximum Gasteiger partial charge on any atom is 0.260 e. The average molecular weight is 346 g/mol. The van der Waals surface area contributed by atoms with Crippen LogP contribution in [0, 0.1) is 0 Å². The quantitative estimate of drug-likeness (QED) is 0.726. The summed E-state index contributed by atoms with van der Waals surface area (Å²) in [6.45, 7) is 3.28. The Bertz CT molecular complexity index is 944. The second-order valence-corrected chi connectivity index (χ2v) is 5.98. The zero-order chi connectivity index (χ0) is 17.9. The van der Waals surface area contributed by atoms with Gasteiger partial charge in [0.25, 0.3) is 5.91 Å². The van der Waals surface area contributed by atoms with Crippen molar-refractivity contribution in [2.75, 3.05) is 6.61 Å². The summed E-state index contributed by atoms with van der Waals surface area (Å²) in [5, 5.41) is 0. The number of rotatable bonds is 4. The van der Waals surface area contributed by atoms with Crippen molar-refractivity contribution in [1.29, 1.82) is 0 Å². The molecule has 0 atom stereocenters.